The summed E-state index contributed by atoms with van der Waals surface area (Å²) in [7, 11) is 0. The van der Waals surface area contributed by atoms with Crippen molar-refractivity contribution in [3.63, 3.8) is 0 Å². The van der Waals surface area contributed by atoms with E-state index < -0.39 is 11.5 Å². The van der Waals surface area contributed by atoms with Gasteiger partial charge >= 0.3 is 5.97 Å². The van der Waals surface area contributed by atoms with Gasteiger partial charge in [-0.25, -0.2) is 14.2 Å². The second-order valence-electron chi connectivity index (χ2n) is 6.88. The highest BCUT2D eigenvalue weighted by molar-refractivity contribution is 7.19. The molecule has 7 heteroatoms. The van der Waals surface area contributed by atoms with Crippen LogP contribution in [0, 0.1) is 13.8 Å². The number of carboxylic acids is 1. The van der Waals surface area contributed by atoms with E-state index in [1.165, 1.54) is 4.40 Å². The number of fused-ring (bicyclic) bond motifs is 1. The van der Waals surface area contributed by atoms with E-state index in [0.29, 0.717) is 11.3 Å². The molecule has 0 bridgehead atoms. The first kappa shape index (κ1) is 20.1. The first-order valence-electron chi connectivity index (χ1n) is 9.16. The second kappa shape index (κ2) is 7.89. The maximum atomic E-state index is 13.1. The van der Waals surface area contributed by atoms with Crippen LogP contribution in [0.2, 0.25) is 5.02 Å². The second-order valence-corrected chi connectivity index (χ2v) is 8.23. The molecule has 1 N–H and O–H groups in total. The number of benzene rings is 2. The Bertz CT molecular complexity index is 1370. The Balaban J connectivity index is 1.93. The van der Waals surface area contributed by atoms with Crippen LogP contribution in [-0.4, -0.2) is 20.5 Å². The van der Waals surface area contributed by atoms with E-state index in [9.17, 15) is 14.7 Å². The van der Waals surface area contributed by atoms with Gasteiger partial charge in [0, 0.05) is 5.56 Å². The normalized spacial score (nSPS) is 11.4. The van der Waals surface area contributed by atoms with Gasteiger partial charge in [-0.15, -0.1) is 0 Å². The summed E-state index contributed by atoms with van der Waals surface area (Å²) in [6, 6.07) is 15.1. The Morgan fingerprint density at radius 3 is 2.47 bits per heavy atom. The van der Waals surface area contributed by atoms with E-state index in [0.717, 1.165) is 28.0 Å². The largest absolute Gasteiger partial charge is 0.477 e. The molecular weight excluding hydrogens is 420 g/mol. The van der Waals surface area contributed by atoms with Crippen molar-refractivity contribution in [2.75, 3.05) is 0 Å². The van der Waals surface area contributed by atoms with Gasteiger partial charge in [0.1, 0.15) is 9.90 Å². The summed E-state index contributed by atoms with van der Waals surface area (Å²) < 4.78 is 1.28. The highest BCUT2D eigenvalue weighted by Crippen LogP contribution is 2.31. The molecule has 5 nitrogen and oxygen atoms in total. The number of nitrogens with zero attached hydrogens (tertiary/aromatic N) is 2. The molecule has 0 amide bonds. The average Bonchev–Trinajstić information content (AvgIpc) is 3.11. The molecule has 2 aromatic carbocycles. The van der Waals surface area contributed by atoms with Crippen LogP contribution >= 0.6 is 22.9 Å². The van der Waals surface area contributed by atoms with Crippen LogP contribution in [0.25, 0.3) is 28.4 Å². The third kappa shape index (κ3) is 3.56. The Hall–Kier alpha value is -3.22. The molecule has 2 aromatic heterocycles. The molecule has 0 fully saturated rings. The van der Waals surface area contributed by atoms with Crippen LogP contribution in [0.1, 0.15) is 32.1 Å². The minimum Gasteiger partial charge on any atom is -0.477 e. The highest BCUT2D eigenvalue weighted by Gasteiger charge is 2.23. The maximum Gasteiger partial charge on any atom is 0.348 e. The third-order valence-corrected chi connectivity index (χ3v) is 6.17. The van der Waals surface area contributed by atoms with Gasteiger partial charge < -0.3 is 5.11 Å². The molecular formula is C23H17ClN2O3S. The summed E-state index contributed by atoms with van der Waals surface area (Å²) in [5.41, 5.74) is 3.80. The molecule has 0 aliphatic rings. The average molecular weight is 437 g/mol. The summed E-state index contributed by atoms with van der Waals surface area (Å²) >= 11 is 7.31. The van der Waals surface area contributed by atoms with Crippen LogP contribution in [0.3, 0.4) is 0 Å². The van der Waals surface area contributed by atoms with Crippen molar-refractivity contribution in [2.45, 2.75) is 13.8 Å². The molecule has 30 heavy (non-hydrogen) atoms. The monoisotopic (exact) mass is 436 g/mol. The van der Waals surface area contributed by atoms with Crippen LogP contribution in [0.5, 0.6) is 0 Å². The van der Waals surface area contributed by atoms with E-state index in [-0.39, 0.29) is 20.6 Å². The van der Waals surface area contributed by atoms with E-state index in [2.05, 4.69) is 4.98 Å². The topological polar surface area (TPSA) is 71.7 Å². The lowest BCUT2D eigenvalue weighted by Crippen LogP contribution is -2.17. The number of hydrogen-bond acceptors (Lipinski definition) is 4. The highest BCUT2D eigenvalue weighted by atomic mass is 35.5. The maximum absolute atomic E-state index is 13.1. The molecule has 0 atom stereocenters. The van der Waals surface area contributed by atoms with E-state index in [1.807, 2.05) is 56.3 Å². The molecule has 4 aromatic rings. The fraction of sp³-hybridized carbons (Fsp3) is 0.0870. The lowest BCUT2D eigenvalue weighted by atomic mass is 10.1. The smallest absolute Gasteiger partial charge is 0.348 e. The zero-order chi connectivity index (χ0) is 21.4. The van der Waals surface area contributed by atoms with Crippen molar-refractivity contribution in [3.8, 4) is 11.3 Å². The molecule has 0 unspecified atom stereocenters. The van der Waals surface area contributed by atoms with Gasteiger partial charge in [-0.1, -0.05) is 83.1 Å². The number of carbonyl (C=O) groups is 1. The fourth-order valence-corrected chi connectivity index (χ4v) is 4.35. The van der Waals surface area contributed by atoms with Gasteiger partial charge in [0.25, 0.3) is 5.56 Å². The summed E-state index contributed by atoms with van der Waals surface area (Å²) in [4.78, 5) is 29.8. The standard InChI is InChI=1S/C23H17ClN2O3S/c1-13-7-9-16(10-8-13)19-20(22(28)29)30-23-25-17(18(24)21(27)26(19)23)12-11-15-6-4-3-5-14(15)2/h3-12H,1-2H3,(H,28,29)/b12-11+. The molecule has 0 radical (unpaired) electrons. The molecule has 4 rings (SSSR count). The third-order valence-electron chi connectivity index (χ3n) is 4.78. The Morgan fingerprint density at radius 2 is 1.80 bits per heavy atom. The summed E-state index contributed by atoms with van der Waals surface area (Å²) in [6.45, 7) is 3.92. The van der Waals surface area contributed by atoms with Crippen molar-refractivity contribution in [1.29, 1.82) is 0 Å². The van der Waals surface area contributed by atoms with Crippen LogP contribution in [0.4, 0.5) is 0 Å². The molecule has 2 heterocycles. The number of halogens is 1. The van der Waals surface area contributed by atoms with Gasteiger partial charge in [-0.05, 0) is 31.1 Å². The Labute approximate surface area is 181 Å². The van der Waals surface area contributed by atoms with Crippen molar-refractivity contribution < 1.29 is 9.90 Å². The number of rotatable bonds is 4. The fourth-order valence-electron chi connectivity index (χ4n) is 3.17. The Kier molecular flexibility index (Phi) is 5.28. The zero-order valence-corrected chi connectivity index (χ0v) is 17.8. The minimum absolute atomic E-state index is 0.0413. The minimum atomic E-state index is -1.12. The Morgan fingerprint density at radius 1 is 1.10 bits per heavy atom. The number of thiazole rings is 1. The van der Waals surface area contributed by atoms with E-state index >= 15 is 0 Å². The number of aromatic carboxylic acids is 1. The van der Waals surface area contributed by atoms with Gasteiger partial charge in [-0.2, -0.15) is 0 Å². The van der Waals surface area contributed by atoms with Gasteiger partial charge in [0.2, 0.25) is 0 Å². The number of aryl methyl sites for hydroxylation is 2. The predicted octanol–water partition coefficient (Wildman–Crippen LogP) is 5.56. The number of carboxylic acid groups (broad SMARTS) is 1. The first-order chi connectivity index (χ1) is 14.4. The summed E-state index contributed by atoms with van der Waals surface area (Å²) in [6.07, 6.45) is 3.52. The van der Waals surface area contributed by atoms with E-state index in [4.69, 9.17) is 11.6 Å². The van der Waals surface area contributed by atoms with Gasteiger partial charge in [0.05, 0.1) is 11.4 Å². The number of aromatic nitrogens is 2. The molecule has 0 aliphatic carbocycles. The van der Waals surface area contributed by atoms with Gasteiger partial charge in [-0.3, -0.25) is 4.79 Å². The van der Waals surface area contributed by atoms with Gasteiger partial charge in [0.15, 0.2) is 4.96 Å². The van der Waals surface area contributed by atoms with Crippen LogP contribution < -0.4 is 5.56 Å². The van der Waals surface area contributed by atoms with E-state index in [1.54, 1.807) is 18.2 Å². The summed E-state index contributed by atoms with van der Waals surface area (Å²) in [5.74, 6) is -1.12. The van der Waals surface area contributed by atoms with Crippen molar-refractivity contribution in [3.05, 3.63) is 91.2 Å². The SMILES string of the molecule is Cc1ccc(-c2c(C(=O)O)sc3nc(/C=C/c4ccccc4C)c(Cl)c(=O)n23)cc1. The van der Waals surface area contributed by atoms with Crippen molar-refractivity contribution >= 4 is 46.0 Å². The van der Waals surface area contributed by atoms with Crippen molar-refractivity contribution in [1.82, 2.24) is 9.38 Å². The quantitative estimate of drug-likeness (QED) is 0.454. The molecule has 0 spiro atoms. The van der Waals surface area contributed by atoms with Crippen molar-refractivity contribution in [2.24, 2.45) is 0 Å². The number of hydrogen-bond donors (Lipinski definition) is 1. The van der Waals surface area contributed by atoms with Crippen LogP contribution in [-0.2, 0) is 0 Å². The van der Waals surface area contributed by atoms with Crippen LogP contribution in [0.15, 0.2) is 53.3 Å². The molecule has 0 aliphatic heterocycles. The molecule has 0 saturated carbocycles. The first-order valence-corrected chi connectivity index (χ1v) is 10.4. The lowest BCUT2D eigenvalue weighted by Gasteiger charge is -2.06. The predicted molar refractivity (Wildman–Crippen MR) is 122 cm³/mol. The molecule has 0 saturated heterocycles. The molecule has 150 valence electrons. The summed E-state index contributed by atoms with van der Waals surface area (Å²) in [5, 5.41) is 9.66. The lowest BCUT2D eigenvalue weighted by molar-refractivity contribution is 0.0702. The zero-order valence-electron chi connectivity index (χ0n) is 16.2.